The van der Waals surface area contributed by atoms with Crippen LogP contribution in [0.5, 0.6) is 11.5 Å². The minimum atomic E-state index is -0.0821. The normalized spacial score (nSPS) is 12.0. The average Bonchev–Trinajstić information content (AvgIpc) is 2.83. The van der Waals surface area contributed by atoms with Crippen molar-refractivity contribution in [2.24, 2.45) is 0 Å². The molecule has 0 aliphatic carbocycles. The molecule has 6 heteroatoms. The number of rotatable bonds is 7. The summed E-state index contributed by atoms with van der Waals surface area (Å²) < 4.78 is 5.50. The van der Waals surface area contributed by atoms with Crippen molar-refractivity contribution in [1.29, 1.82) is 0 Å². The maximum Gasteiger partial charge on any atom is 0.143 e. The highest BCUT2D eigenvalue weighted by molar-refractivity contribution is 6.31. The van der Waals surface area contributed by atoms with Gasteiger partial charge in [0.25, 0.3) is 0 Å². The van der Waals surface area contributed by atoms with Crippen molar-refractivity contribution in [1.82, 2.24) is 9.88 Å². The fraction of sp³-hybridized carbons (Fsp3) is 0.345. The molecule has 4 rings (SSSR count). The van der Waals surface area contributed by atoms with Crippen LogP contribution in [0.1, 0.15) is 45.7 Å². The van der Waals surface area contributed by atoms with E-state index in [0.717, 1.165) is 57.5 Å². The lowest BCUT2D eigenvalue weighted by Gasteiger charge is -2.25. The van der Waals surface area contributed by atoms with Gasteiger partial charge in [0, 0.05) is 27.9 Å². The molecule has 4 aromatic rings. The smallest absolute Gasteiger partial charge is 0.143 e. The molecule has 2 N–H and O–H groups in total. The monoisotopic (exact) mass is 491 g/mol. The summed E-state index contributed by atoms with van der Waals surface area (Å²) in [5, 5.41) is 17.5. The molecule has 0 amide bonds. The van der Waals surface area contributed by atoms with Crippen LogP contribution in [0.3, 0.4) is 0 Å². The molecule has 35 heavy (non-hydrogen) atoms. The van der Waals surface area contributed by atoms with Crippen LogP contribution in [0.25, 0.3) is 21.8 Å². The molecule has 1 heterocycles. The third-order valence-electron chi connectivity index (χ3n) is 6.55. The van der Waals surface area contributed by atoms with Gasteiger partial charge in [0.1, 0.15) is 11.5 Å². The van der Waals surface area contributed by atoms with Gasteiger partial charge in [-0.1, -0.05) is 52.3 Å². The van der Waals surface area contributed by atoms with E-state index >= 15 is 0 Å². The van der Waals surface area contributed by atoms with Crippen LogP contribution in [0.2, 0.25) is 5.02 Å². The number of aromatic nitrogens is 1. The van der Waals surface area contributed by atoms with Gasteiger partial charge < -0.3 is 15.2 Å². The van der Waals surface area contributed by atoms with E-state index in [4.69, 9.17) is 21.3 Å². The Morgan fingerprint density at radius 1 is 0.971 bits per heavy atom. The molecule has 184 valence electrons. The molecule has 0 atom stereocenters. The molecule has 0 aliphatic rings. The number of hydrogen-bond donors (Lipinski definition) is 2. The fourth-order valence-corrected chi connectivity index (χ4v) is 4.49. The molecule has 0 spiro atoms. The second-order valence-corrected chi connectivity index (χ2v) is 10.3. The molecule has 0 aliphatic heterocycles. The summed E-state index contributed by atoms with van der Waals surface area (Å²) in [4.78, 5) is 7.13. The maximum atomic E-state index is 11.4. The second kappa shape index (κ2) is 9.92. The fourth-order valence-electron chi connectivity index (χ4n) is 4.32. The van der Waals surface area contributed by atoms with Crippen molar-refractivity contribution in [2.45, 2.75) is 46.6 Å². The molecular weight excluding hydrogens is 458 g/mol. The highest BCUT2D eigenvalue weighted by atomic mass is 35.5. The van der Waals surface area contributed by atoms with Gasteiger partial charge in [0.2, 0.25) is 0 Å². The lowest BCUT2D eigenvalue weighted by atomic mass is 9.85. The number of nitrogens with one attached hydrogen (secondary N) is 1. The zero-order valence-corrected chi connectivity index (χ0v) is 22.1. The van der Waals surface area contributed by atoms with E-state index in [0.29, 0.717) is 17.3 Å². The summed E-state index contributed by atoms with van der Waals surface area (Å²) in [7, 11) is 1.65. The number of pyridine rings is 1. The lowest BCUT2D eigenvalue weighted by molar-refractivity contribution is 0.290. The number of hydrogen-bond acceptors (Lipinski definition) is 5. The van der Waals surface area contributed by atoms with E-state index in [1.54, 1.807) is 7.11 Å². The largest absolute Gasteiger partial charge is 0.505 e. The van der Waals surface area contributed by atoms with Crippen molar-refractivity contribution >= 4 is 44.8 Å². The van der Waals surface area contributed by atoms with Gasteiger partial charge in [-0.15, -0.1) is 0 Å². The molecular formula is C29H34ClN3O2. The van der Waals surface area contributed by atoms with Gasteiger partial charge in [0.05, 0.1) is 29.5 Å². The number of ether oxygens (including phenoxy) is 1. The molecule has 3 aromatic carbocycles. The number of halogens is 1. The Morgan fingerprint density at radius 2 is 1.71 bits per heavy atom. The summed E-state index contributed by atoms with van der Waals surface area (Å²) in [5.74, 6) is 1.01. The summed E-state index contributed by atoms with van der Waals surface area (Å²) in [6.45, 7) is 13.4. The first-order chi connectivity index (χ1) is 16.6. The van der Waals surface area contributed by atoms with Crippen molar-refractivity contribution in [3.05, 3.63) is 64.7 Å². The number of benzene rings is 3. The van der Waals surface area contributed by atoms with Gasteiger partial charge >= 0.3 is 0 Å². The average molecular weight is 492 g/mol. The summed E-state index contributed by atoms with van der Waals surface area (Å²) in [5.41, 5.74) is 5.11. The quantitative estimate of drug-likeness (QED) is 0.205. The zero-order valence-electron chi connectivity index (χ0n) is 21.4. The van der Waals surface area contributed by atoms with E-state index in [1.807, 2.05) is 36.4 Å². The summed E-state index contributed by atoms with van der Waals surface area (Å²) in [6, 6.07) is 15.7. The Morgan fingerprint density at radius 3 is 2.37 bits per heavy atom. The molecule has 0 unspecified atom stereocenters. The van der Waals surface area contributed by atoms with Crippen LogP contribution >= 0.6 is 11.6 Å². The first-order valence-electron chi connectivity index (χ1n) is 12.1. The van der Waals surface area contributed by atoms with Crippen LogP contribution in [0, 0.1) is 0 Å². The van der Waals surface area contributed by atoms with E-state index in [1.165, 1.54) is 0 Å². The van der Waals surface area contributed by atoms with Gasteiger partial charge in [-0.2, -0.15) is 0 Å². The molecule has 1 aromatic heterocycles. The lowest BCUT2D eigenvalue weighted by Crippen LogP contribution is -2.23. The van der Waals surface area contributed by atoms with E-state index in [-0.39, 0.29) is 11.2 Å². The molecule has 0 radical (unpaired) electrons. The van der Waals surface area contributed by atoms with Crippen molar-refractivity contribution < 1.29 is 9.84 Å². The number of fused-ring (bicyclic) bond motifs is 2. The van der Waals surface area contributed by atoms with Crippen LogP contribution < -0.4 is 10.1 Å². The second-order valence-electron chi connectivity index (χ2n) is 9.90. The number of nitrogens with zero attached hydrogens (tertiary/aromatic N) is 2. The Balaban J connectivity index is 1.96. The molecule has 0 saturated carbocycles. The number of phenolic OH excluding ortho intramolecular Hbond substituents is 1. The number of phenols is 1. The predicted octanol–water partition coefficient (Wildman–Crippen LogP) is 7.64. The number of anilines is 2. The van der Waals surface area contributed by atoms with Gasteiger partial charge in [-0.05, 0) is 66.5 Å². The summed E-state index contributed by atoms with van der Waals surface area (Å²) >= 11 is 6.30. The van der Waals surface area contributed by atoms with E-state index in [2.05, 4.69) is 57.0 Å². The first kappa shape index (κ1) is 25.1. The Bertz CT molecular complexity index is 1370. The Kier molecular flexibility index (Phi) is 7.11. The van der Waals surface area contributed by atoms with Crippen LogP contribution in [-0.4, -0.2) is 35.2 Å². The summed E-state index contributed by atoms with van der Waals surface area (Å²) in [6.07, 6.45) is 0. The van der Waals surface area contributed by atoms with Gasteiger partial charge in [0.15, 0.2) is 0 Å². The third kappa shape index (κ3) is 5.16. The molecule has 0 bridgehead atoms. The minimum absolute atomic E-state index is 0.0821. The molecule has 0 fully saturated rings. The molecule has 5 nitrogen and oxygen atoms in total. The Hall–Kier alpha value is -3.02. The number of methoxy groups -OCH3 is 1. The predicted molar refractivity (Wildman–Crippen MR) is 148 cm³/mol. The van der Waals surface area contributed by atoms with Crippen LogP contribution in [0.4, 0.5) is 11.4 Å². The minimum Gasteiger partial charge on any atom is -0.505 e. The highest BCUT2D eigenvalue weighted by Gasteiger charge is 2.21. The number of aromatic hydroxyl groups is 1. The van der Waals surface area contributed by atoms with Crippen LogP contribution in [-0.2, 0) is 12.0 Å². The first-order valence-corrected chi connectivity index (χ1v) is 12.4. The third-order valence-corrected chi connectivity index (χ3v) is 6.78. The Labute approximate surface area is 212 Å². The topological polar surface area (TPSA) is 57.6 Å². The highest BCUT2D eigenvalue weighted by Crippen LogP contribution is 2.41. The maximum absolute atomic E-state index is 11.4. The van der Waals surface area contributed by atoms with Gasteiger partial charge in [-0.25, -0.2) is 4.98 Å². The van der Waals surface area contributed by atoms with Crippen molar-refractivity contribution in [3.63, 3.8) is 0 Å². The molecule has 0 saturated heterocycles. The van der Waals surface area contributed by atoms with Crippen molar-refractivity contribution in [3.8, 4) is 11.5 Å². The van der Waals surface area contributed by atoms with Crippen molar-refractivity contribution in [2.75, 3.05) is 25.5 Å². The van der Waals surface area contributed by atoms with Gasteiger partial charge in [-0.3, -0.25) is 4.90 Å². The zero-order chi connectivity index (χ0) is 25.3. The van der Waals surface area contributed by atoms with Crippen LogP contribution in [0.15, 0.2) is 48.5 Å². The standard InChI is InChI=1S/C29H34ClN3O2/c1-7-33(8-2)17-18-13-19(29(3,4)5)14-26(28(18)34)32-27-22-11-9-20(30)15-25(22)31-24-12-10-21(35-6)16-23(24)27/h9-16,34H,7-8,17H2,1-6H3,(H,31,32). The SMILES string of the molecule is CCN(CC)Cc1cc(C(C)(C)C)cc(Nc2c3ccc(Cl)cc3nc3ccc(OC)cc23)c1O. The van der Waals surface area contributed by atoms with E-state index < -0.39 is 0 Å². The van der Waals surface area contributed by atoms with E-state index in [9.17, 15) is 5.11 Å².